The number of hydrogen-bond donors (Lipinski definition) is 1. The summed E-state index contributed by atoms with van der Waals surface area (Å²) in [5, 5.41) is 3.59. The number of benzene rings is 1. The van der Waals surface area contributed by atoms with E-state index in [2.05, 4.69) is 19.2 Å². The summed E-state index contributed by atoms with van der Waals surface area (Å²) < 4.78 is 10.0. The average Bonchev–Trinajstić information content (AvgIpc) is 3.14. The second-order valence-electron chi connectivity index (χ2n) is 9.17. The summed E-state index contributed by atoms with van der Waals surface area (Å²) in [5.41, 5.74) is 1.30. The number of aromatic nitrogens is 4. The Balaban J connectivity index is 1.88. The summed E-state index contributed by atoms with van der Waals surface area (Å²) >= 11 is 0. The van der Waals surface area contributed by atoms with Gasteiger partial charge in [0.05, 0.1) is 13.7 Å². The van der Waals surface area contributed by atoms with Crippen molar-refractivity contribution in [3.05, 3.63) is 50.7 Å². The van der Waals surface area contributed by atoms with Crippen molar-refractivity contribution < 1.29 is 4.74 Å². The molecule has 0 atom stereocenters. The van der Waals surface area contributed by atoms with Crippen LogP contribution < -0.4 is 21.3 Å². The first-order valence-corrected chi connectivity index (χ1v) is 11.5. The first-order valence-electron chi connectivity index (χ1n) is 11.5. The molecular formula is C24H33N5O3. The summed E-state index contributed by atoms with van der Waals surface area (Å²) in [6, 6.07) is 8.13. The highest BCUT2D eigenvalue weighted by Gasteiger charge is 2.23. The summed E-state index contributed by atoms with van der Waals surface area (Å²) in [4.78, 5) is 31.0. The quantitative estimate of drug-likeness (QED) is 0.610. The predicted molar refractivity (Wildman–Crippen MR) is 127 cm³/mol. The van der Waals surface area contributed by atoms with Crippen molar-refractivity contribution in [3.8, 4) is 5.75 Å². The second-order valence-corrected chi connectivity index (χ2v) is 9.17. The van der Waals surface area contributed by atoms with Crippen molar-refractivity contribution in [1.29, 1.82) is 0 Å². The maximum Gasteiger partial charge on any atom is 0.332 e. The summed E-state index contributed by atoms with van der Waals surface area (Å²) in [6.07, 6.45) is 5.81. The molecule has 1 fully saturated rings. The molecule has 4 rings (SSSR count). The number of nitrogens with one attached hydrogen (secondary N) is 1. The maximum absolute atomic E-state index is 13.2. The molecule has 1 aliphatic carbocycles. The highest BCUT2D eigenvalue weighted by Crippen LogP contribution is 2.25. The van der Waals surface area contributed by atoms with Crippen molar-refractivity contribution in [2.24, 2.45) is 13.0 Å². The molecule has 1 N–H and O–H groups in total. The molecule has 8 nitrogen and oxygen atoms in total. The lowest BCUT2D eigenvalue weighted by Gasteiger charge is -2.23. The second kappa shape index (κ2) is 9.22. The van der Waals surface area contributed by atoms with E-state index in [1.807, 2.05) is 28.8 Å². The van der Waals surface area contributed by atoms with Gasteiger partial charge in [0, 0.05) is 19.6 Å². The maximum atomic E-state index is 13.2. The number of methoxy groups -OCH3 is 1. The SMILES string of the molecule is COc1ccc(Cn2c(NC3CCCCC3)nc3c2c(=O)n(C)c(=O)n3CC(C)C)cc1. The molecule has 1 saturated carbocycles. The highest BCUT2D eigenvalue weighted by atomic mass is 16.5. The molecule has 172 valence electrons. The molecular weight excluding hydrogens is 406 g/mol. The van der Waals surface area contributed by atoms with E-state index >= 15 is 0 Å². The van der Waals surface area contributed by atoms with Crippen LogP contribution in [0.15, 0.2) is 33.9 Å². The smallest absolute Gasteiger partial charge is 0.332 e. The summed E-state index contributed by atoms with van der Waals surface area (Å²) in [6.45, 7) is 5.09. The fraction of sp³-hybridized carbons (Fsp3) is 0.542. The van der Waals surface area contributed by atoms with Crippen LogP contribution in [0.1, 0.15) is 51.5 Å². The topological polar surface area (TPSA) is 83.1 Å². The summed E-state index contributed by atoms with van der Waals surface area (Å²) in [7, 11) is 3.18. The first kappa shape index (κ1) is 22.2. The highest BCUT2D eigenvalue weighted by molar-refractivity contribution is 5.74. The Hall–Kier alpha value is -3.03. The van der Waals surface area contributed by atoms with Gasteiger partial charge in [-0.3, -0.25) is 18.5 Å². The molecule has 0 saturated heterocycles. The van der Waals surface area contributed by atoms with Gasteiger partial charge in [0.15, 0.2) is 11.2 Å². The zero-order valence-electron chi connectivity index (χ0n) is 19.4. The van der Waals surface area contributed by atoms with Crippen LogP contribution in [0.2, 0.25) is 0 Å². The lowest BCUT2D eigenvalue weighted by molar-refractivity contribution is 0.414. The fourth-order valence-electron chi connectivity index (χ4n) is 4.49. The molecule has 3 aromatic rings. The molecule has 2 heterocycles. The van der Waals surface area contributed by atoms with Crippen molar-refractivity contribution in [2.45, 2.75) is 65.1 Å². The van der Waals surface area contributed by atoms with Crippen molar-refractivity contribution in [3.63, 3.8) is 0 Å². The van der Waals surface area contributed by atoms with Crippen LogP contribution in [0.4, 0.5) is 5.95 Å². The number of nitrogens with zero attached hydrogens (tertiary/aromatic N) is 4. The molecule has 8 heteroatoms. The normalized spacial score (nSPS) is 14.9. The zero-order valence-corrected chi connectivity index (χ0v) is 19.4. The largest absolute Gasteiger partial charge is 0.497 e. The number of fused-ring (bicyclic) bond motifs is 1. The number of hydrogen-bond acceptors (Lipinski definition) is 5. The van der Waals surface area contributed by atoms with Gasteiger partial charge in [-0.05, 0) is 36.5 Å². The lowest BCUT2D eigenvalue weighted by Crippen LogP contribution is -2.39. The van der Waals surface area contributed by atoms with E-state index < -0.39 is 0 Å². The van der Waals surface area contributed by atoms with Gasteiger partial charge < -0.3 is 10.1 Å². The van der Waals surface area contributed by atoms with Crippen LogP contribution >= 0.6 is 0 Å². The monoisotopic (exact) mass is 439 g/mol. The van der Waals surface area contributed by atoms with Crippen molar-refractivity contribution >= 4 is 17.1 Å². The number of rotatable bonds is 7. The van der Waals surface area contributed by atoms with Crippen LogP contribution in [0.25, 0.3) is 11.2 Å². The van der Waals surface area contributed by atoms with Crippen LogP contribution in [-0.2, 0) is 20.1 Å². The fourth-order valence-corrected chi connectivity index (χ4v) is 4.49. The van der Waals surface area contributed by atoms with Crippen LogP contribution in [0.3, 0.4) is 0 Å². The van der Waals surface area contributed by atoms with Gasteiger partial charge in [-0.15, -0.1) is 0 Å². The standard InChI is InChI=1S/C24H33N5O3/c1-16(2)14-29-21-20(22(30)27(3)24(29)31)28(15-17-10-12-19(32-4)13-11-17)23(26-21)25-18-8-6-5-7-9-18/h10-13,16,18H,5-9,14-15H2,1-4H3,(H,25,26). The zero-order chi connectivity index (χ0) is 22.8. The van der Waals surface area contributed by atoms with Gasteiger partial charge in [0.25, 0.3) is 5.56 Å². The molecule has 0 amide bonds. The minimum Gasteiger partial charge on any atom is -0.497 e. The van der Waals surface area contributed by atoms with Gasteiger partial charge in [0.2, 0.25) is 5.95 Å². The van der Waals surface area contributed by atoms with E-state index in [0.29, 0.717) is 36.2 Å². The van der Waals surface area contributed by atoms with Crippen molar-refractivity contribution in [1.82, 2.24) is 18.7 Å². The van der Waals surface area contributed by atoms with Gasteiger partial charge in [-0.25, -0.2) is 4.79 Å². The minimum absolute atomic E-state index is 0.245. The van der Waals surface area contributed by atoms with E-state index in [1.54, 1.807) is 18.7 Å². The Bertz CT molecular complexity index is 1200. The Morgan fingerprint density at radius 3 is 2.41 bits per heavy atom. The lowest BCUT2D eigenvalue weighted by atomic mass is 9.96. The third-order valence-corrected chi connectivity index (χ3v) is 6.22. The van der Waals surface area contributed by atoms with Gasteiger partial charge in [-0.1, -0.05) is 45.2 Å². The van der Waals surface area contributed by atoms with Gasteiger partial charge >= 0.3 is 5.69 Å². The van der Waals surface area contributed by atoms with Gasteiger partial charge in [0.1, 0.15) is 5.75 Å². The molecule has 32 heavy (non-hydrogen) atoms. The first-order chi connectivity index (χ1) is 15.4. The predicted octanol–water partition coefficient (Wildman–Crippen LogP) is 3.35. The Morgan fingerprint density at radius 1 is 1.09 bits per heavy atom. The van der Waals surface area contributed by atoms with E-state index in [-0.39, 0.29) is 17.2 Å². The van der Waals surface area contributed by atoms with Crippen LogP contribution in [0.5, 0.6) is 5.75 Å². The van der Waals surface area contributed by atoms with Crippen molar-refractivity contribution in [2.75, 3.05) is 12.4 Å². The average molecular weight is 440 g/mol. The number of imidazole rings is 1. The van der Waals surface area contributed by atoms with Crippen LogP contribution in [-0.4, -0.2) is 31.8 Å². The minimum atomic E-state index is -0.325. The Morgan fingerprint density at radius 2 is 1.78 bits per heavy atom. The van der Waals surface area contributed by atoms with Crippen LogP contribution in [0, 0.1) is 5.92 Å². The molecule has 0 aliphatic heterocycles. The third kappa shape index (κ3) is 4.31. The van der Waals surface area contributed by atoms with E-state index in [1.165, 1.54) is 23.8 Å². The molecule has 0 unspecified atom stereocenters. The molecule has 0 radical (unpaired) electrons. The molecule has 1 aromatic carbocycles. The Labute approximate surface area is 187 Å². The summed E-state index contributed by atoms with van der Waals surface area (Å²) in [5.74, 6) is 1.68. The number of anilines is 1. The van der Waals surface area contributed by atoms with E-state index in [4.69, 9.17) is 9.72 Å². The molecule has 2 aromatic heterocycles. The third-order valence-electron chi connectivity index (χ3n) is 6.22. The Kier molecular flexibility index (Phi) is 6.39. The van der Waals surface area contributed by atoms with E-state index in [9.17, 15) is 9.59 Å². The van der Waals surface area contributed by atoms with E-state index in [0.717, 1.165) is 24.2 Å². The molecule has 0 spiro atoms. The molecule has 1 aliphatic rings. The number of ether oxygens (including phenoxy) is 1. The van der Waals surface area contributed by atoms with Gasteiger partial charge in [-0.2, -0.15) is 4.98 Å². The molecule has 0 bridgehead atoms.